The van der Waals surface area contributed by atoms with Gasteiger partial charge in [0.1, 0.15) is 22.8 Å². The number of para-hydroxylation sites is 4. The number of carbonyl (C=O) groups excluding carboxylic acids is 6. The molecule has 24 heteroatoms. The molecule has 0 atom stereocenters. The van der Waals surface area contributed by atoms with Gasteiger partial charge in [-0.15, -0.1) is 0 Å². The predicted octanol–water partition coefficient (Wildman–Crippen LogP) is 20.1. The van der Waals surface area contributed by atoms with E-state index in [2.05, 4.69) is 88.8 Å². The van der Waals surface area contributed by atoms with E-state index in [1.807, 2.05) is 239 Å². The minimum Gasteiger partial charge on any atom is -0.378 e. The number of amides is 6. The van der Waals surface area contributed by atoms with Crippen molar-refractivity contribution in [3.8, 4) is 0 Å². The number of aryl methyl sites for hydroxylation is 1. The van der Waals surface area contributed by atoms with Crippen LogP contribution in [0.25, 0.3) is 43.6 Å². The van der Waals surface area contributed by atoms with Gasteiger partial charge in [-0.2, -0.15) is 0 Å². The number of morpholine rings is 1. The summed E-state index contributed by atoms with van der Waals surface area (Å²) in [5.41, 5.74) is 16.3. The molecule has 6 aliphatic rings. The summed E-state index contributed by atoms with van der Waals surface area (Å²) in [6, 6.07) is 79.9. The number of carbonyl (C=O) groups is 6. The molecule has 4 aromatic heterocycles. The number of allylic oxidation sites excluding steroid dienone is 2. The molecule has 9 aromatic carbocycles. The second kappa shape index (κ2) is 43.9. The summed E-state index contributed by atoms with van der Waals surface area (Å²) in [6.45, 7) is 27.0. The summed E-state index contributed by atoms with van der Waals surface area (Å²) >= 11 is 24.3. The van der Waals surface area contributed by atoms with Gasteiger partial charge in [-0.05, 0) is 190 Å². The maximum absolute atomic E-state index is 13.7. The molecule has 6 aliphatic heterocycles. The highest BCUT2D eigenvalue weighted by Gasteiger charge is 2.36. The zero-order valence-electron chi connectivity index (χ0n) is 76.6. The van der Waals surface area contributed by atoms with Gasteiger partial charge < -0.3 is 67.5 Å². The van der Waals surface area contributed by atoms with Gasteiger partial charge in [0.2, 0.25) is 11.8 Å². The zero-order chi connectivity index (χ0) is 92.8. The third kappa shape index (κ3) is 23.1. The minimum absolute atomic E-state index is 0.00368. The maximum atomic E-state index is 13.7. The maximum Gasteiger partial charge on any atom is 0.270 e. The Morgan fingerprint density at radius 2 is 0.632 bits per heavy atom. The van der Waals surface area contributed by atoms with Crippen LogP contribution >= 0.6 is 46.4 Å². The Bertz CT molecular complexity index is 6270. The van der Waals surface area contributed by atoms with E-state index < -0.39 is 0 Å². The first-order valence-corrected chi connectivity index (χ1v) is 48.2. The van der Waals surface area contributed by atoms with Crippen molar-refractivity contribution in [3.05, 3.63) is 343 Å². The van der Waals surface area contributed by atoms with Crippen LogP contribution in [0.15, 0.2) is 267 Å². The molecule has 0 saturated carbocycles. The molecule has 0 unspecified atom stereocenters. The number of nitrogens with one attached hydrogen (secondary N) is 1. The minimum atomic E-state index is -0.0706. The Morgan fingerprint density at radius 3 is 0.940 bits per heavy atom. The lowest BCUT2D eigenvalue weighted by Gasteiger charge is -2.40. The molecule has 13 aromatic rings. The SMILES string of the molecule is C=C(C1CCN(C(=O)c2cc3ccccc3n2Cc2ccc(Cl)cc2)CC1)N1CCN(C)CC1.C=C(C1CCN(C(=O)c2cc3ccccc3n2Cc2ccc(Cl)cc2)CC1)N1CCOCC1.CN(C)C(=O)C1CCN(C(=O)c2cc3ccccc3n2Cc2ccc(Cl)cc2)CC1.Cc1cccc(CNC(=O)C2CCN(C(=O)c3cc4ccccc4n3Cc3ccc(Cl)cc3)CC2)c1. The summed E-state index contributed by atoms with van der Waals surface area (Å²) in [4.78, 5) is 96.1. The molecule has 0 aliphatic carbocycles. The first kappa shape index (κ1) is 94.3. The number of piperazine rings is 1. The number of fused-ring (bicyclic) bond motifs is 4. The number of rotatable bonds is 20. The Labute approximate surface area is 800 Å². The van der Waals surface area contributed by atoms with E-state index in [0.717, 1.165) is 192 Å². The van der Waals surface area contributed by atoms with Crippen LogP contribution in [-0.4, -0.2) is 219 Å². The van der Waals surface area contributed by atoms with Crippen LogP contribution in [0.5, 0.6) is 0 Å². The number of piperidine rings is 4. The van der Waals surface area contributed by atoms with Crippen molar-refractivity contribution in [1.29, 1.82) is 0 Å². The molecule has 690 valence electrons. The average Bonchev–Trinajstić information content (AvgIpc) is 1.65. The van der Waals surface area contributed by atoms with Crippen molar-refractivity contribution in [1.82, 2.24) is 62.8 Å². The van der Waals surface area contributed by atoms with E-state index in [4.69, 9.17) is 51.1 Å². The standard InChI is InChI=1S/C30H30ClN3O2.C28H33ClN4O.C27H30ClN3O2.C24H26ClN3O2/c1-21-5-4-6-23(17-21)19-32-29(35)24-13-15-33(16-14-24)30(36)28-18-25-7-2-3-8-27(25)34(28)20-22-9-11-26(31)12-10-22;1-21(31-17-15-30(2)16-18-31)23-11-13-32(14-12-23)28(34)27-19-24-5-3-4-6-26(24)33(27)20-22-7-9-25(29)10-8-22;1-20(29-14-16-33-17-15-29)22-10-12-30(13-11-22)27(32)26-18-23-4-2-3-5-25(23)31(26)19-21-6-8-24(28)9-7-21;1-26(2)23(29)18-11-13-27(14-12-18)24(30)22-15-19-5-3-4-6-21(19)28(22)16-17-7-9-20(25)10-8-17/h2-12,17-18,24H,13-16,19-20H2,1H3,(H,32,35);3-10,19,23H,1,11-18,20H2,2H3;2-9,18,22H,1,10-17,19H2;3-10,15,18H,11-14,16H2,1-2H3. The highest BCUT2D eigenvalue weighted by Crippen LogP contribution is 2.35. The van der Waals surface area contributed by atoms with Gasteiger partial charge in [-0.1, -0.05) is 211 Å². The molecule has 0 bridgehead atoms. The second-order valence-electron chi connectivity index (χ2n) is 36.3. The van der Waals surface area contributed by atoms with Gasteiger partial charge in [0.05, 0.1) is 13.2 Å². The largest absolute Gasteiger partial charge is 0.378 e. The summed E-state index contributed by atoms with van der Waals surface area (Å²) in [6.07, 6.45) is 6.63. The zero-order valence-corrected chi connectivity index (χ0v) is 79.6. The third-order valence-corrected chi connectivity index (χ3v) is 28.3. The molecule has 6 amide bonds. The van der Waals surface area contributed by atoms with Crippen molar-refractivity contribution in [2.45, 2.75) is 91.0 Å². The molecule has 0 radical (unpaired) electrons. The normalized spacial score (nSPS) is 16.1. The van der Waals surface area contributed by atoms with E-state index in [0.29, 0.717) is 123 Å². The number of halogens is 4. The first-order chi connectivity index (χ1) is 64.5. The number of hydrogen-bond donors (Lipinski definition) is 1. The lowest BCUT2D eigenvalue weighted by molar-refractivity contribution is -0.134. The molecular weight excluding hydrogens is 1750 g/mol. The number of aromatic nitrogens is 4. The van der Waals surface area contributed by atoms with Gasteiger partial charge in [-0.25, -0.2) is 0 Å². The van der Waals surface area contributed by atoms with E-state index in [1.165, 1.54) is 17.0 Å². The Hall–Kier alpha value is -11.9. The molecule has 19 rings (SSSR count). The average molecular weight is 1870 g/mol. The highest BCUT2D eigenvalue weighted by molar-refractivity contribution is 6.31. The van der Waals surface area contributed by atoms with Gasteiger partial charge in [0.25, 0.3) is 23.6 Å². The summed E-state index contributed by atoms with van der Waals surface area (Å²) in [5, 5.41) is 10.2. The summed E-state index contributed by atoms with van der Waals surface area (Å²) in [5.74, 6) is 1.32. The summed E-state index contributed by atoms with van der Waals surface area (Å²) in [7, 11) is 5.75. The molecule has 6 fully saturated rings. The predicted molar refractivity (Wildman–Crippen MR) is 536 cm³/mol. The Kier molecular flexibility index (Phi) is 31.1. The van der Waals surface area contributed by atoms with Crippen LogP contribution in [0.1, 0.15) is 127 Å². The molecule has 6 saturated heterocycles. The first-order valence-electron chi connectivity index (χ1n) is 46.7. The van der Waals surface area contributed by atoms with Crippen LogP contribution < -0.4 is 5.32 Å². The molecule has 133 heavy (non-hydrogen) atoms. The Morgan fingerprint density at radius 1 is 0.338 bits per heavy atom. The lowest BCUT2D eigenvalue weighted by atomic mass is 9.92. The lowest BCUT2D eigenvalue weighted by Crippen LogP contribution is -2.46. The molecule has 10 heterocycles. The number of hydrogen-bond acceptors (Lipinski definition) is 10. The second-order valence-corrected chi connectivity index (χ2v) is 38.0. The highest BCUT2D eigenvalue weighted by atomic mass is 35.5. The fourth-order valence-electron chi connectivity index (χ4n) is 19.5. The van der Waals surface area contributed by atoms with E-state index in [-0.39, 0.29) is 47.3 Å². The number of likely N-dealkylation sites (tertiary alicyclic amines) is 4. The van der Waals surface area contributed by atoms with Crippen molar-refractivity contribution < 1.29 is 33.5 Å². The third-order valence-electron chi connectivity index (χ3n) is 27.2. The van der Waals surface area contributed by atoms with Crippen molar-refractivity contribution in [3.63, 3.8) is 0 Å². The van der Waals surface area contributed by atoms with Crippen molar-refractivity contribution in [2.75, 3.05) is 126 Å². The van der Waals surface area contributed by atoms with Crippen molar-refractivity contribution >= 4 is 125 Å². The molecule has 20 nitrogen and oxygen atoms in total. The summed E-state index contributed by atoms with van der Waals surface area (Å²) < 4.78 is 13.9. The van der Waals surface area contributed by atoms with Crippen LogP contribution in [0.3, 0.4) is 0 Å². The smallest absolute Gasteiger partial charge is 0.270 e. The van der Waals surface area contributed by atoms with Gasteiger partial charge in [0.15, 0.2) is 0 Å². The molecular formula is C109H119Cl4N13O7. The van der Waals surface area contributed by atoms with E-state index >= 15 is 0 Å². The van der Waals surface area contributed by atoms with Crippen LogP contribution in [0.2, 0.25) is 20.1 Å². The monoisotopic (exact) mass is 1860 g/mol. The molecule has 1 N–H and O–H groups in total. The van der Waals surface area contributed by atoms with Crippen LogP contribution in [0, 0.1) is 30.6 Å². The fraction of sp³-hybridized carbons (Fsp3) is 0.339. The van der Waals surface area contributed by atoms with Gasteiger partial charge in [0, 0.05) is 237 Å². The van der Waals surface area contributed by atoms with Gasteiger partial charge in [-0.3, -0.25) is 28.8 Å². The van der Waals surface area contributed by atoms with Crippen LogP contribution in [-0.2, 0) is 47.0 Å². The Balaban J connectivity index is 0.000000129. The fourth-order valence-corrected chi connectivity index (χ4v) is 20.0. The topological polar surface area (TPSA) is 169 Å². The van der Waals surface area contributed by atoms with E-state index in [1.54, 1.807) is 19.0 Å². The quantitative estimate of drug-likeness (QED) is 0.0775. The number of benzene rings is 9. The van der Waals surface area contributed by atoms with Crippen molar-refractivity contribution in [2.24, 2.45) is 23.7 Å². The van der Waals surface area contributed by atoms with E-state index in [9.17, 15) is 28.8 Å². The number of ether oxygens (including phenoxy) is 1. The molecule has 0 spiro atoms. The van der Waals surface area contributed by atoms with Gasteiger partial charge >= 0.3 is 0 Å². The van der Waals surface area contributed by atoms with Crippen LogP contribution in [0.4, 0.5) is 0 Å². The number of likely N-dealkylation sites (N-methyl/N-ethyl adjacent to an activating group) is 1. The number of nitrogens with zero attached hydrogens (tertiary/aromatic N) is 12.